The summed E-state index contributed by atoms with van der Waals surface area (Å²) in [6.45, 7) is 1.79. The summed E-state index contributed by atoms with van der Waals surface area (Å²) in [7, 11) is 0. The zero-order valence-electron chi connectivity index (χ0n) is 8.67. The molecule has 0 aliphatic heterocycles. The summed E-state index contributed by atoms with van der Waals surface area (Å²) in [5, 5.41) is 0. The van der Waals surface area contributed by atoms with Crippen molar-refractivity contribution in [3.63, 3.8) is 0 Å². The third-order valence-corrected chi connectivity index (χ3v) is 2.26. The summed E-state index contributed by atoms with van der Waals surface area (Å²) in [5.41, 5.74) is 6.79. The zero-order chi connectivity index (χ0) is 11.7. The van der Waals surface area contributed by atoms with Crippen LogP contribution in [0.4, 0.5) is 8.78 Å². The van der Waals surface area contributed by atoms with Gasteiger partial charge in [0.25, 0.3) is 0 Å². The first-order valence-electron chi connectivity index (χ1n) is 4.84. The van der Waals surface area contributed by atoms with Crippen LogP contribution < -0.4 is 5.73 Å². The van der Waals surface area contributed by atoms with E-state index in [0.717, 1.165) is 12.1 Å². The molecule has 3 nitrogen and oxygen atoms in total. The summed E-state index contributed by atoms with van der Waals surface area (Å²) in [6, 6.07) is 3.46. The van der Waals surface area contributed by atoms with E-state index in [4.69, 9.17) is 5.73 Å². The molecule has 2 aromatic rings. The molecule has 5 heteroatoms. The number of benzene rings is 1. The van der Waals surface area contributed by atoms with Gasteiger partial charge in [0.05, 0.1) is 17.9 Å². The number of rotatable bonds is 2. The van der Waals surface area contributed by atoms with Crippen LogP contribution in [0, 0.1) is 11.6 Å². The molecule has 1 aromatic heterocycles. The van der Waals surface area contributed by atoms with Crippen LogP contribution in [0.3, 0.4) is 0 Å². The van der Waals surface area contributed by atoms with E-state index in [9.17, 15) is 8.78 Å². The molecule has 0 aliphatic carbocycles. The van der Waals surface area contributed by atoms with E-state index in [0.29, 0.717) is 17.1 Å². The van der Waals surface area contributed by atoms with Crippen molar-refractivity contribution in [2.45, 2.75) is 13.0 Å². The number of nitrogens with one attached hydrogen (secondary N) is 1. The summed E-state index contributed by atoms with van der Waals surface area (Å²) in [6.07, 6.45) is 1.55. The van der Waals surface area contributed by atoms with Gasteiger partial charge >= 0.3 is 0 Å². The molecular weight excluding hydrogens is 212 g/mol. The highest BCUT2D eigenvalue weighted by Gasteiger charge is 2.08. The molecule has 0 bridgehead atoms. The third kappa shape index (κ3) is 1.94. The molecule has 84 valence electrons. The van der Waals surface area contributed by atoms with Gasteiger partial charge in [-0.3, -0.25) is 0 Å². The van der Waals surface area contributed by atoms with E-state index in [1.807, 2.05) is 0 Å². The Morgan fingerprint density at radius 3 is 2.62 bits per heavy atom. The predicted molar refractivity (Wildman–Crippen MR) is 56.5 cm³/mol. The van der Waals surface area contributed by atoms with Gasteiger partial charge in [-0.25, -0.2) is 13.8 Å². The quantitative estimate of drug-likeness (QED) is 0.821. The number of nitrogens with zero attached hydrogens (tertiary/aromatic N) is 1. The van der Waals surface area contributed by atoms with Gasteiger partial charge in [0.1, 0.15) is 5.82 Å². The molecule has 0 aliphatic rings. The highest BCUT2D eigenvalue weighted by molar-refractivity contribution is 5.58. The summed E-state index contributed by atoms with van der Waals surface area (Å²) in [5.74, 6) is -1.13. The SMILES string of the molecule is C[C@H](N)c1ncc(-c2ccc(F)c(F)c2)[nH]1. The Hall–Kier alpha value is -1.75. The lowest BCUT2D eigenvalue weighted by Gasteiger charge is -2.00. The van der Waals surface area contributed by atoms with Crippen LogP contribution >= 0.6 is 0 Å². The first kappa shape index (κ1) is 10.8. The van der Waals surface area contributed by atoms with Crippen LogP contribution in [0.25, 0.3) is 11.3 Å². The number of halogens is 2. The van der Waals surface area contributed by atoms with Gasteiger partial charge in [0, 0.05) is 5.56 Å². The minimum atomic E-state index is -0.880. The number of aromatic nitrogens is 2. The molecule has 3 N–H and O–H groups in total. The van der Waals surface area contributed by atoms with Gasteiger partial charge in [0.15, 0.2) is 11.6 Å². The second kappa shape index (κ2) is 4.02. The maximum absolute atomic E-state index is 13.0. The molecule has 0 unspecified atom stereocenters. The highest BCUT2D eigenvalue weighted by Crippen LogP contribution is 2.20. The number of nitrogens with two attached hydrogens (primary N) is 1. The first-order valence-corrected chi connectivity index (χ1v) is 4.84. The average Bonchev–Trinajstić information content (AvgIpc) is 2.71. The Morgan fingerprint density at radius 1 is 1.31 bits per heavy atom. The molecule has 0 saturated carbocycles. The Labute approximate surface area is 91.3 Å². The van der Waals surface area contributed by atoms with Crippen molar-refractivity contribution in [3.05, 3.63) is 41.9 Å². The van der Waals surface area contributed by atoms with Crippen molar-refractivity contribution in [3.8, 4) is 11.3 Å². The van der Waals surface area contributed by atoms with E-state index in [1.165, 1.54) is 6.07 Å². The molecule has 0 spiro atoms. The predicted octanol–water partition coefficient (Wildman–Crippen LogP) is 2.37. The monoisotopic (exact) mass is 223 g/mol. The summed E-state index contributed by atoms with van der Waals surface area (Å²) >= 11 is 0. The summed E-state index contributed by atoms with van der Waals surface area (Å²) in [4.78, 5) is 7.00. The number of imidazole rings is 1. The van der Waals surface area contributed by atoms with Gasteiger partial charge in [-0.2, -0.15) is 0 Å². The van der Waals surface area contributed by atoms with Crippen molar-refractivity contribution in [1.29, 1.82) is 0 Å². The van der Waals surface area contributed by atoms with Crippen LogP contribution in [0.5, 0.6) is 0 Å². The number of aromatic amines is 1. The largest absolute Gasteiger partial charge is 0.341 e. The average molecular weight is 223 g/mol. The first-order chi connectivity index (χ1) is 7.58. The molecule has 1 heterocycles. The Kier molecular flexibility index (Phi) is 2.70. The Balaban J connectivity index is 2.39. The number of H-pyrrole nitrogens is 1. The fourth-order valence-electron chi connectivity index (χ4n) is 1.38. The molecule has 0 saturated heterocycles. The Bertz CT molecular complexity index is 506. The van der Waals surface area contributed by atoms with Crippen LogP contribution in [0.2, 0.25) is 0 Å². The smallest absolute Gasteiger partial charge is 0.159 e. The van der Waals surface area contributed by atoms with E-state index >= 15 is 0 Å². The van der Waals surface area contributed by atoms with Gasteiger partial charge in [-0.15, -0.1) is 0 Å². The van der Waals surface area contributed by atoms with E-state index in [-0.39, 0.29) is 6.04 Å². The fraction of sp³-hybridized carbons (Fsp3) is 0.182. The highest BCUT2D eigenvalue weighted by atomic mass is 19.2. The molecule has 16 heavy (non-hydrogen) atoms. The Morgan fingerprint density at radius 2 is 2.06 bits per heavy atom. The lowest BCUT2D eigenvalue weighted by molar-refractivity contribution is 0.509. The molecule has 0 amide bonds. The van der Waals surface area contributed by atoms with Crippen molar-refractivity contribution in [1.82, 2.24) is 9.97 Å². The topological polar surface area (TPSA) is 54.7 Å². The summed E-state index contributed by atoms with van der Waals surface area (Å²) < 4.78 is 25.7. The normalized spacial score (nSPS) is 12.8. The van der Waals surface area contributed by atoms with Crippen molar-refractivity contribution in [2.75, 3.05) is 0 Å². The standard InChI is InChI=1S/C11H11F2N3/c1-6(14)11-15-5-10(16-11)7-2-3-8(12)9(13)4-7/h2-6H,14H2,1H3,(H,15,16)/t6-/m0/s1. The lowest BCUT2D eigenvalue weighted by atomic mass is 10.1. The third-order valence-electron chi connectivity index (χ3n) is 2.26. The van der Waals surface area contributed by atoms with Crippen LogP contribution in [0.15, 0.2) is 24.4 Å². The maximum Gasteiger partial charge on any atom is 0.159 e. The fourth-order valence-corrected chi connectivity index (χ4v) is 1.38. The molecular formula is C11H11F2N3. The van der Waals surface area contributed by atoms with Crippen LogP contribution in [-0.2, 0) is 0 Å². The van der Waals surface area contributed by atoms with Crippen LogP contribution in [-0.4, -0.2) is 9.97 Å². The van der Waals surface area contributed by atoms with Gasteiger partial charge in [-0.05, 0) is 25.1 Å². The lowest BCUT2D eigenvalue weighted by Crippen LogP contribution is -2.06. The van der Waals surface area contributed by atoms with E-state index < -0.39 is 11.6 Å². The zero-order valence-corrected chi connectivity index (χ0v) is 8.67. The van der Waals surface area contributed by atoms with Crippen molar-refractivity contribution < 1.29 is 8.78 Å². The van der Waals surface area contributed by atoms with E-state index in [2.05, 4.69) is 9.97 Å². The molecule has 1 atom stereocenters. The van der Waals surface area contributed by atoms with Gasteiger partial charge < -0.3 is 10.7 Å². The van der Waals surface area contributed by atoms with E-state index in [1.54, 1.807) is 13.1 Å². The molecule has 2 rings (SSSR count). The van der Waals surface area contributed by atoms with Crippen molar-refractivity contribution in [2.24, 2.45) is 5.73 Å². The van der Waals surface area contributed by atoms with Gasteiger partial charge in [0.2, 0.25) is 0 Å². The van der Waals surface area contributed by atoms with Crippen LogP contribution in [0.1, 0.15) is 18.8 Å². The molecule has 0 radical (unpaired) electrons. The molecule has 1 aromatic carbocycles. The van der Waals surface area contributed by atoms with Gasteiger partial charge in [-0.1, -0.05) is 0 Å². The maximum atomic E-state index is 13.0. The number of hydrogen-bond donors (Lipinski definition) is 2. The molecule has 0 fully saturated rings. The second-order valence-corrected chi connectivity index (χ2v) is 3.60. The minimum absolute atomic E-state index is 0.223. The number of hydrogen-bond acceptors (Lipinski definition) is 2. The minimum Gasteiger partial charge on any atom is -0.341 e. The van der Waals surface area contributed by atoms with Crippen molar-refractivity contribution >= 4 is 0 Å². The second-order valence-electron chi connectivity index (χ2n) is 3.60.